The maximum absolute atomic E-state index is 12.6. The number of rotatable bonds is 53. The van der Waals surface area contributed by atoms with E-state index in [2.05, 4.69) is 47.9 Å². The second-order valence-electron chi connectivity index (χ2n) is 16.6. The Morgan fingerprint density at radius 3 is 1.18 bits per heavy atom. The first kappa shape index (κ1) is 71.9. The molecule has 0 radical (unpaired) electrons. The molecule has 0 heterocycles. The van der Waals surface area contributed by atoms with Crippen molar-refractivity contribution in [2.24, 2.45) is 5.73 Å². The summed E-state index contributed by atoms with van der Waals surface area (Å²) in [5.41, 5.74) is 5.28. The van der Waals surface area contributed by atoms with Crippen LogP contribution in [0.2, 0.25) is 0 Å². The number of carbonyl (C=O) groups is 10. The number of hydrogen-bond donors (Lipinski definition) is 10. The molecule has 77 heavy (non-hydrogen) atoms. The van der Waals surface area contributed by atoms with Crippen LogP contribution in [-0.2, 0) is 85.8 Å². The molecule has 29 heteroatoms. The monoisotopic (exact) mass is 1120 g/mol. The number of amides is 9. The number of unbranched alkanes of at least 4 members (excludes halogenated alkanes) is 2. The van der Waals surface area contributed by atoms with Gasteiger partial charge in [0, 0.05) is 65.6 Å². The van der Waals surface area contributed by atoms with Crippen LogP contribution >= 0.6 is 11.8 Å². The molecule has 0 fully saturated rings. The number of thioether (sulfide) groups is 1. The minimum Gasteiger partial charge on any atom is -0.377 e. The maximum Gasteiger partial charge on any atom is 0.246 e. The topological polar surface area (TPSA) is 379 Å². The lowest BCUT2D eigenvalue weighted by Gasteiger charge is -2.18. The first-order chi connectivity index (χ1) is 37.2. The minimum absolute atomic E-state index is 0.0621. The molecule has 0 aliphatic carbocycles. The first-order valence-electron chi connectivity index (χ1n) is 26.1. The van der Waals surface area contributed by atoms with E-state index in [0.717, 1.165) is 18.2 Å². The van der Waals surface area contributed by atoms with Crippen LogP contribution in [0.25, 0.3) is 0 Å². The van der Waals surface area contributed by atoms with Gasteiger partial charge in [-0.05, 0) is 58.9 Å². The fourth-order valence-electron chi connectivity index (χ4n) is 6.18. The van der Waals surface area contributed by atoms with Crippen molar-refractivity contribution in [3.8, 4) is 0 Å². The van der Waals surface area contributed by atoms with Crippen molar-refractivity contribution in [2.45, 2.75) is 83.7 Å². The smallest absolute Gasteiger partial charge is 0.246 e. The highest BCUT2D eigenvalue weighted by Gasteiger charge is 2.20. The van der Waals surface area contributed by atoms with Gasteiger partial charge in [0.2, 0.25) is 53.2 Å². The van der Waals surface area contributed by atoms with Crippen molar-refractivity contribution < 1.29 is 85.8 Å². The number of ether oxygens (including phenoxy) is 8. The predicted molar refractivity (Wildman–Crippen MR) is 282 cm³/mol. The summed E-state index contributed by atoms with van der Waals surface area (Å²) < 4.78 is 42.7. The second-order valence-corrected chi connectivity index (χ2v) is 17.8. The normalized spacial score (nSPS) is 11.7. The summed E-state index contributed by atoms with van der Waals surface area (Å²) in [4.78, 5) is 119. The van der Waals surface area contributed by atoms with Crippen LogP contribution in [0, 0.1) is 0 Å². The van der Waals surface area contributed by atoms with Gasteiger partial charge in [-0.2, -0.15) is 0 Å². The molecule has 444 valence electrons. The number of hydrogen-bond acceptors (Lipinski definition) is 20. The molecular formula is C48H88N10O18S. The van der Waals surface area contributed by atoms with Crippen molar-refractivity contribution in [1.82, 2.24) is 47.9 Å². The average Bonchev–Trinajstić information content (AvgIpc) is 3.39. The van der Waals surface area contributed by atoms with Crippen molar-refractivity contribution in [2.75, 3.05) is 164 Å². The Morgan fingerprint density at radius 2 is 0.779 bits per heavy atom. The number of carbonyl (C=O) groups excluding carboxylic acids is 10. The molecular weight excluding hydrogens is 1040 g/mol. The predicted octanol–water partition coefficient (Wildman–Crippen LogP) is -3.70. The molecule has 28 nitrogen and oxygen atoms in total. The molecule has 9 amide bonds. The van der Waals surface area contributed by atoms with Crippen LogP contribution < -0.4 is 53.6 Å². The van der Waals surface area contributed by atoms with Gasteiger partial charge in [0.1, 0.15) is 32.5 Å². The number of nitrogens with two attached hydrogens (primary N) is 1. The summed E-state index contributed by atoms with van der Waals surface area (Å²) in [6, 6.07) is -1.17. The van der Waals surface area contributed by atoms with Crippen LogP contribution in [0.15, 0.2) is 0 Å². The van der Waals surface area contributed by atoms with Crippen molar-refractivity contribution in [1.29, 1.82) is 0 Å². The summed E-state index contributed by atoms with van der Waals surface area (Å²) >= 11 is 0.929. The quantitative estimate of drug-likeness (QED) is 0.0262. The first-order valence-corrected chi connectivity index (χ1v) is 27.1. The van der Waals surface area contributed by atoms with Crippen LogP contribution in [-0.4, -0.2) is 235 Å². The van der Waals surface area contributed by atoms with E-state index >= 15 is 0 Å². The minimum atomic E-state index is -0.789. The lowest BCUT2D eigenvalue weighted by molar-refractivity contribution is -0.132. The molecule has 0 aliphatic heterocycles. The standard InChI is InChI=1S/C48H88N10O18S/c1-4-51-48(68)39(58-45(65)35-76-31-27-71-22-18-56-44(64)34-75-30-26-72-23-19-57-46(66)36-77-37(2)59)11-6-8-14-52-40(60)12-9-13-41(61)54-16-20-69-24-29-74-33-43(63)55-17-21-70-25-28-73-32-42(62)53-15-7-5-10-38(50-3)47(49)67/h38-39,50H,4-36H2,1-3H3,(H2,49,67)(H,51,68)(H,52,60)(H,53,62)(H,54,61)(H,55,63)(H,56,64)(H,57,66)(H,58,65)/t38-,39-/m0/s1. The Balaban J connectivity index is 3.81. The Labute approximate surface area is 456 Å². The van der Waals surface area contributed by atoms with Gasteiger partial charge < -0.3 is 91.5 Å². The van der Waals surface area contributed by atoms with Gasteiger partial charge in [0.15, 0.2) is 5.12 Å². The largest absolute Gasteiger partial charge is 0.377 e. The van der Waals surface area contributed by atoms with E-state index in [1.54, 1.807) is 14.0 Å². The molecule has 0 aromatic rings. The van der Waals surface area contributed by atoms with Gasteiger partial charge in [-0.15, -0.1) is 0 Å². The summed E-state index contributed by atoms with van der Waals surface area (Å²) in [6.07, 6.45) is 4.14. The van der Waals surface area contributed by atoms with Crippen molar-refractivity contribution in [3.05, 3.63) is 0 Å². The zero-order chi connectivity index (χ0) is 57.0. The van der Waals surface area contributed by atoms with Gasteiger partial charge in [0.05, 0.1) is 91.1 Å². The average molecular weight is 1130 g/mol. The molecule has 0 saturated heterocycles. The molecule has 11 N–H and O–H groups in total. The highest BCUT2D eigenvalue weighted by Crippen LogP contribution is 2.04. The van der Waals surface area contributed by atoms with E-state index < -0.39 is 17.9 Å². The van der Waals surface area contributed by atoms with Crippen LogP contribution in [0.4, 0.5) is 0 Å². The van der Waals surface area contributed by atoms with E-state index in [1.165, 1.54) is 6.92 Å². The van der Waals surface area contributed by atoms with Crippen molar-refractivity contribution >= 4 is 70.0 Å². The highest BCUT2D eigenvalue weighted by molar-refractivity contribution is 8.14. The zero-order valence-electron chi connectivity index (χ0n) is 45.3. The third-order valence-corrected chi connectivity index (χ3v) is 10.9. The lowest BCUT2D eigenvalue weighted by atomic mass is 10.1. The van der Waals surface area contributed by atoms with Crippen LogP contribution in [0.3, 0.4) is 0 Å². The molecule has 0 bridgehead atoms. The second kappa shape index (κ2) is 51.6. The third kappa shape index (κ3) is 49.0. The van der Waals surface area contributed by atoms with E-state index in [1.807, 2.05) is 0 Å². The van der Waals surface area contributed by atoms with Crippen LogP contribution in [0.5, 0.6) is 0 Å². The van der Waals surface area contributed by atoms with E-state index in [4.69, 9.17) is 43.6 Å². The van der Waals surface area contributed by atoms with Gasteiger partial charge in [-0.3, -0.25) is 47.9 Å². The van der Waals surface area contributed by atoms with E-state index in [-0.39, 0.29) is 196 Å². The lowest BCUT2D eigenvalue weighted by Crippen LogP contribution is -2.47. The van der Waals surface area contributed by atoms with Crippen LogP contribution in [0.1, 0.15) is 71.6 Å². The summed E-state index contributed by atoms with van der Waals surface area (Å²) in [5.74, 6) is -2.74. The fourth-order valence-corrected chi connectivity index (χ4v) is 6.62. The van der Waals surface area contributed by atoms with Gasteiger partial charge in [-0.1, -0.05) is 11.8 Å². The molecule has 0 spiro atoms. The van der Waals surface area contributed by atoms with Gasteiger partial charge in [-0.25, -0.2) is 0 Å². The summed E-state index contributed by atoms with van der Waals surface area (Å²) in [7, 11) is 1.67. The van der Waals surface area contributed by atoms with Gasteiger partial charge in [0.25, 0.3) is 0 Å². The molecule has 0 aliphatic rings. The van der Waals surface area contributed by atoms with E-state index in [0.29, 0.717) is 64.7 Å². The molecule has 0 rings (SSSR count). The van der Waals surface area contributed by atoms with E-state index in [9.17, 15) is 47.9 Å². The fraction of sp³-hybridized carbons (Fsp3) is 0.792. The SMILES string of the molecule is CCNC(=O)[C@H](CCCCNC(=O)CCCC(=O)NCCOCCOCC(=O)NCCOCCOCC(=O)NCCCC[C@H](NC)C(N)=O)NC(=O)COCCOCCNC(=O)COCCOCCNC(=O)CSC(C)=O. The Hall–Kier alpha value is -5.11. The summed E-state index contributed by atoms with van der Waals surface area (Å²) in [5, 5.41) is 24.3. The molecule has 0 unspecified atom stereocenters. The Morgan fingerprint density at radius 1 is 0.416 bits per heavy atom. The van der Waals surface area contributed by atoms with Crippen molar-refractivity contribution in [3.63, 3.8) is 0 Å². The highest BCUT2D eigenvalue weighted by atomic mass is 32.2. The Bertz CT molecular complexity index is 1670. The summed E-state index contributed by atoms with van der Waals surface area (Å²) in [6.45, 7) is 7.23. The number of nitrogens with one attached hydrogen (secondary N) is 9. The number of likely N-dealkylation sites (N-methyl/N-ethyl adjacent to an activating group) is 2. The third-order valence-electron chi connectivity index (χ3n) is 10.1. The molecule has 0 saturated carbocycles. The molecule has 0 aromatic carbocycles. The zero-order valence-corrected chi connectivity index (χ0v) is 46.1. The van der Waals surface area contributed by atoms with Gasteiger partial charge >= 0.3 is 0 Å². The molecule has 2 atom stereocenters. The maximum atomic E-state index is 12.6. The number of primary amides is 1. The Kier molecular flexibility index (Phi) is 48.2. The molecule has 0 aromatic heterocycles.